The molecule has 16 heavy (non-hydrogen) atoms. The van der Waals surface area contributed by atoms with E-state index < -0.39 is 0 Å². The van der Waals surface area contributed by atoms with E-state index in [0.29, 0.717) is 6.04 Å². The molecule has 2 heteroatoms. The van der Waals surface area contributed by atoms with Crippen LogP contribution < -0.4 is 10.6 Å². The van der Waals surface area contributed by atoms with Crippen LogP contribution in [0.4, 0.5) is 5.69 Å². The molecule has 1 heterocycles. The van der Waals surface area contributed by atoms with Gasteiger partial charge in [-0.05, 0) is 37.0 Å². The highest BCUT2D eigenvalue weighted by Gasteiger charge is 2.16. The summed E-state index contributed by atoms with van der Waals surface area (Å²) >= 11 is 0. The van der Waals surface area contributed by atoms with Gasteiger partial charge in [0.05, 0.1) is 0 Å². The second kappa shape index (κ2) is 5.35. The summed E-state index contributed by atoms with van der Waals surface area (Å²) in [6.45, 7) is 4.38. The van der Waals surface area contributed by atoms with E-state index in [4.69, 9.17) is 5.73 Å². The standard InChI is InChI=1S/C14H22N2/c1-2-4-12-6-8-14(9-7-12)16-10-3-5-13(15)11-16/h6-9,13H,2-5,10-11,15H2,1H3. The Morgan fingerprint density at radius 2 is 2.06 bits per heavy atom. The summed E-state index contributed by atoms with van der Waals surface area (Å²) in [5.41, 5.74) is 8.76. The Kier molecular flexibility index (Phi) is 3.83. The Balaban J connectivity index is 2.03. The van der Waals surface area contributed by atoms with Crippen LogP contribution in [-0.4, -0.2) is 19.1 Å². The molecule has 2 nitrogen and oxygen atoms in total. The van der Waals surface area contributed by atoms with Gasteiger partial charge >= 0.3 is 0 Å². The second-order valence-corrected chi connectivity index (χ2v) is 4.76. The fraction of sp³-hybridized carbons (Fsp3) is 0.571. The predicted octanol–water partition coefficient (Wildman–Crippen LogP) is 2.57. The average Bonchev–Trinajstić information content (AvgIpc) is 2.30. The highest BCUT2D eigenvalue weighted by atomic mass is 15.1. The lowest BCUT2D eigenvalue weighted by Crippen LogP contribution is -2.42. The van der Waals surface area contributed by atoms with Crippen LogP contribution in [0.3, 0.4) is 0 Å². The number of rotatable bonds is 3. The highest BCUT2D eigenvalue weighted by Crippen LogP contribution is 2.20. The van der Waals surface area contributed by atoms with E-state index in [0.717, 1.165) is 13.1 Å². The quantitative estimate of drug-likeness (QED) is 0.845. The van der Waals surface area contributed by atoms with Crippen molar-refractivity contribution >= 4 is 5.69 Å². The van der Waals surface area contributed by atoms with Crippen molar-refractivity contribution in [1.29, 1.82) is 0 Å². The minimum absolute atomic E-state index is 0.351. The first-order valence-electron chi connectivity index (χ1n) is 6.39. The first-order chi connectivity index (χ1) is 7.79. The first kappa shape index (κ1) is 11.5. The lowest BCUT2D eigenvalue weighted by Gasteiger charge is -2.32. The molecule has 1 aliphatic heterocycles. The Hall–Kier alpha value is -1.02. The van der Waals surface area contributed by atoms with Gasteiger partial charge in [-0.1, -0.05) is 25.5 Å². The van der Waals surface area contributed by atoms with E-state index in [1.165, 1.54) is 36.9 Å². The largest absolute Gasteiger partial charge is 0.370 e. The van der Waals surface area contributed by atoms with Gasteiger partial charge in [0.15, 0.2) is 0 Å². The van der Waals surface area contributed by atoms with E-state index in [-0.39, 0.29) is 0 Å². The SMILES string of the molecule is CCCc1ccc(N2CCCC(N)C2)cc1. The lowest BCUT2D eigenvalue weighted by molar-refractivity contribution is 0.506. The summed E-state index contributed by atoms with van der Waals surface area (Å²) in [6.07, 6.45) is 4.79. The van der Waals surface area contributed by atoms with Gasteiger partial charge in [0.1, 0.15) is 0 Å². The summed E-state index contributed by atoms with van der Waals surface area (Å²) in [6, 6.07) is 9.33. The van der Waals surface area contributed by atoms with Crippen LogP contribution in [0.15, 0.2) is 24.3 Å². The molecule has 0 radical (unpaired) electrons. The molecule has 1 aromatic rings. The molecule has 0 spiro atoms. The normalized spacial score (nSPS) is 21.1. The number of nitrogens with two attached hydrogens (primary N) is 1. The van der Waals surface area contributed by atoms with E-state index in [9.17, 15) is 0 Å². The predicted molar refractivity (Wildman–Crippen MR) is 69.9 cm³/mol. The fourth-order valence-electron chi connectivity index (χ4n) is 2.41. The molecule has 2 rings (SSSR count). The van der Waals surface area contributed by atoms with E-state index >= 15 is 0 Å². The molecule has 1 unspecified atom stereocenters. The molecular weight excluding hydrogens is 196 g/mol. The van der Waals surface area contributed by atoms with Gasteiger partial charge in [-0.15, -0.1) is 0 Å². The summed E-state index contributed by atoms with van der Waals surface area (Å²) in [7, 11) is 0. The van der Waals surface area contributed by atoms with Crippen molar-refractivity contribution in [2.45, 2.75) is 38.6 Å². The lowest BCUT2D eigenvalue weighted by atomic mass is 10.0. The molecule has 1 fully saturated rings. The van der Waals surface area contributed by atoms with Crippen LogP contribution in [0.1, 0.15) is 31.7 Å². The Morgan fingerprint density at radius 1 is 1.31 bits per heavy atom. The minimum Gasteiger partial charge on any atom is -0.370 e. The van der Waals surface area contributed by atoms with Crippen molar-refractivity contribution in [3.63, 3.8) is 0 Å². The monoisotopic (exact) mass is 218 g/mol. The zero-order valence-corrected chi connectivity index (χ0v) is 10.2. The van der Waals surface area contributed by atoms with Gasteiger partial charge < -0.3 is 10.6 Å². The molecule has 1 atom stereocenters. The van der Waals surface area contributed by atoms with Gasteiger partial charge in [0.25, 0.3) is 0 Å². The van der Waals surface area contributed by atoms with Crippen LogP contribution in [0.25, 0.3) is 0 Å². The smallest absolute Gasteiger partial charge is 0.0366 e. The number of benzene rings is 1. The number of nitrogens with zero attached hydrogens (tertiary/aromatic N) is 1. The molecule has 0 amide bonds. The van der Waals surface area contributed by atoms with E-state index in [1.54, 1.807) is 0 Å². The van der Waals surface area contributed by atoms with Gasteiger partial charge in [0, 0.05) is 24.8 Å². The minimum atomic E-state index is 0.351. The van der Waals surface area contributed by atoms with Gasteiger partial charge in [-0.2, -0.15) is 0 Å². The molecule has 0 aliphatic carbocycles. The third-order valence-corrected chi connectivity index (χ3v) is 3.30. The number of piperidine rings is 1. The second-order valence-electron chi connectivity index (χ2n) is 4.76. The Morgan fingerprint density at radius 3 is 2.69 bits per heavy atom. The molecule has 88 valence electrons. The molecule has 0 aromatic heterocycles. The maximum Gasteiger partial charge on any atom is 0.0366 e. The average molecular weight is 218 g/mol. The maximum atomic E-state index is 6.00. The maximum absolute atomic E-state index is 6.00. The number of hydrogen-bond acceptors (Lipinski definition) is 2. The third-order valence-electron chi connectivity index (χ3n) is 3.30. The number of hydrogen-bond donors (Lipinski definition) is 1. The van der Waals surface area contributed by atoms with Crippen molar-refractivity contribution in [2.75, 3.05) is 18.0 Å². The number of anilines is 1. The third kappa shape index (κ3) is 2.76. The molecule has 2 N–H and O–H groups in total. The van der Waals surface area contributed by atoms with Crippen LogP contribution in [0.2, 0.25) is 0 Å². The van der Waals surface area contributed by atoms with Gasteiger partial charge in [-0.3, -0.25) is 0 Å². The summed E-state index contributed by atoms with van der Waals surface area (Å²) < 4.78 is 0. The van der Waals surface area contributed by atoms with Crippen molar-refractivity contribution < 1.29 is 0 Å². The molecule has 0 bridgehead atoms. The molecule has 1 aromatic carbocycles. The zero-order chi connectivity index (χ0) is 11.4. The molecule has 0 saturated carbocycles. The van der Waals surface area contributed by atoms with E-state index in [1.807, 2.05) is 0 Å². The molecule has 1 saturated heterocycles. The molecular formula is C14H22N2. The number of aryl methyl sites for hydroxylation is 1. The van der Waals surface area contributed by atoms with Crippen molar-refractivity contribution in [3.05, 3.63) is 29.8 Å². The topological polar surface area (TPSA) is 29.3 Å². The first-order valence-corrected chi connectivity index (χ1v) is 6.39. The van der Waals surface area contributed by atoms with Crippen molar-refractivity contribution in [2.24, 2.45) is 5.73 Å². The van der Waals surface area contributed by atoms with Crippen LogP contribution >= 0.6 is 0 Å². The van der Waals surface area contributed by atoms with Crippen molar-refractivity contribution in [3.8, 4) is 0 Å². The van der Waals surface area contributed by atoms with Crippen LogP contribution in [-0.2, 0) is 6.42 Å². The van der Waals surface area contributed by atoms with E-state index in [2.05, 4.69) is 36.1 Å². The Bertz CT molecular complexity index is 318. The summed E-state index contributed by atoms with van der Waals surface area (Å²) in [5, 5.41) is 0. The highest BCUT2D eigenvalue weighted by molar-refractivity contribution is 5.48. The summed E-state index contributed by atoms with van der Waals surface area (Å²) in [5.74, 6) is 0. The summed E-state index contributed by atoms with van der Waals surface area (Å²) in [4.78, 5) is 2.41. The van der Waals surface area contributed by atoms with Gasteiger partial charge in [-0.25, -0.2) is 0 Å². The zero-order valence-electron chi connectivity index (χ0n) is 10.2. The molecule has 1 aliphatic rings. The van der Waals surface area contributed by atoms with Crippen LogP contribution in [0.5, 0.6) is 0 Å². The Labute approximate surface area is 98.4 Å². The van der Waals surface area contributed by atoms with Crippen LogP contribution in [0, 0.1) is 0 Å². The fourth-order valence-corrected chi connectivity index (χ4v) is 2.41. The van der Waals surface area contributed by atoms with Gasteiger partial charge in [0.2, 0.25) is 0 Å². The van der Waals surface area contributed by atoms with Crippen molar-refractivity contribution in [1.82, 2.24) is 0 Å².